The number of thiophene rings is 1. The summed E-state index contributed by atoms with van der Waals surface area (Å²) in [4.78, 5) is 14.7. The molecule has 0 radical (unpaired) electrons. The van der Waals surface area contributed by atoms with Crippen LogP contribution in [0.4, 0.5) is 0 Å². The predicted molar refractivity (Wildman–Crippen MR) is 119 cm³/mol. The van der Waals surface area contributed by atoms with E-state index in [0.29, 0.717) is 6.61 Å². The molecule has 3 aromatic rings. The maximum atomic E-state index is 12.5. The molecule has 0 N–H and O–H groups in total. The number of rotatable bonds is 7. The largest absolute Gasteiger partial charge is 0.496 e. The van der Waals surface area contributed by atoms with Crippen LogP contribution in [0.25, 0.3) is 6.08 Å². The van der Waals surface area contributed by atoms with Crippen molar-refractivity contribution in [1.29, 1.82) is 0 Å². The number of ketones is 1. The van der Waals surface area contributed by atoms with E-state index in [1.807, 2.05) is 68.5 Å². The van der Waals surface area contributed by atoms with Crippen LogP contribution in [0.5, 0.6) is 11.5 Å². The van der Waals surface area contributed by atoms with Crippen LogP contribution in [-0.4, -0.2) is 12.9 Å². The van der Waals surface area contributed by atoms with Gasteiger partial charge in [-0.15, -0.1) is 11.3 Å². The Morgan fingerprint density at radius 1 is 1.14 bits per heavy atom. The van der Waals surface area contributed by atoms with Gasteiger partial charge in [0.2, 0.25) is 0 Å². The van der Waals surface area contributed by atoms with Crippen molar-refractivity contribution in [3.05, 3.63) is 85.5 Å². The first-order chi connectivity index (χ1) is 13.5. The molecule has 2 aromatic carbocycles. The predicted octanol–water partition coefficient (Wildman–Crippen LogP) is 6.61. The summed E-state index contributed by atoms with van der Waals surface area (Å²) < 4.78 is 12.3. The maximum absolute atomic E-state index is 12.5. The summed E-state index contributed by atoms with van der Waals surface area (Å²) in [5.74, 6) is 1.54. The first-order valence-electron chi connectivity index (χ1n) is 8.81. The van der Waals surface area contributed by atoms with Gasteiger partial charge in [0.1, 0.15) is 18.1 Å². The molecule has 0 saturated carbocycles. The summed E-state index contributed by atoms with van der Waals surface area (Å²) in [7, 11) is 1.64. The molecule has 0 saturated heterocycles. The van der Waals surface area contributed by atoms with Gasteiger partial charge in [0.25, 0.3) is 0 Å². The van der Waals surface area contributed by atoms with E-state index < -0.39 is 0 Å². The van der Waals surface area contributed by atoms with Gasteiger partial charge in [-0.1, -0.05) is 34.1 Å². The summed E-state index contributed by atoms with van der Waals surface area (Å²) in [5.41, 5.74) is 2.61. The lowest BCUT2D eigenvalue weighted by Crippen LogP contribution is -1.99. The lowest BCUT2D eigenvalue weighted by atomic mass is 10.1. The van der Waals surface area contributed by atoms with Gasteiger partial charge in [0.15, 0.2) is 5.78 Å². The van der Waals surface area contributed by atoms with Crippen molar-refractivity contribution >= 4 is 39.1 Å². The number of methoxy groups -OCH3 is 1. The second-order valence-electron chi connectivity index (χ2n) is 6.34. The Labute approximate surface area is 177 Å². The van der Waals surface area contributed by atoms with Gasteiger partial charge in [-0.3, -0.25) is 4.79 Å². The zero-order valence-corrected chi connectivity index (χ0v) is 18.4. The topological polar surface area (TPSA) is 35.5 Å². The minimum atomic E-state index is 0.0182. The van der Waals surface area contributed by atoms with Crippen molar-refractivity contribution in [3.63, 3.8) is 0 Å². The van der Waals surface area contributed by atoms with E-state index in [-0.39, 0.29) is 5.78 Å². The molecule has 5 heteroatoms. The van der Waals surface area contributed by atoms with Crippen LogP contribution in [0, 0.1) is 13.8 Å². The number of hydrogen-bond acceptors (Lipinski definition) is 4. The zero-order chi connectivity index (χ0) is 20.1. The molecule has 144 valence electrons. The lowest BCUT2D eigenvalue weighted by Gasteiger charge is -2.11. The number of carbonyl (C=O) groups excluding carboxylic acids is 1. The molecule has 0 fully saturated rings. The van der Waals surface area contributed by atoms with E-state index in [0.717, 1.165) is 42.4 Å². The summed E-state index contributed by atoms with van der Waals surface area (Å²) in [6.07, 6.45) is 3.45. The van der Waals surface area contributed by atoms with Gasteiger partial charge in [0, 0.05) is 25.4 Å². The Morgan fingerprint density at radius 3 is 2.64 bits per heavy atom. The molecule has 0 aliphatic heterocycles. The minimum absolute atomic E-state index is 0.0182. The third-order valence-corrected chi connectivity index (χ3v) is 5.69. The molecule has 1 heterocycles. The van der Waals surface area contributed by atoms with Gasteiger partial charge in [-0.05, 0) is 61.9 Å². The SMILES string of the molecule is COc1ccc(/C=C/C(=O)c2cc(C)sc2C)cc1COc1cccc(Br)c1. The Balaban J connectivity index is 1.76. The minimum Gasteiger partial charge on any atom is -0.496 e. The molecular formula is C23H21BrO3S. The van der Waals surface area contributed by atoms with Crippen LogP contribution in [0.3, 0.4) is 0 Å². The van der Waals surface area contributed by atoms with Crippen LogP contribution >= 0.6 is 27.3 Å². The average Bonchev–Trinajstić information content (AvgIpc) is 3.02. The van der Waals surface area contributed by atoms with Crippen LogP contribution in [0.1, 0.15) is 31.2 Å². The quantitative estimate of drug-likeness (QED) is 0.296. The van der Waals surface area contributed by atoms with Crippen LogP contribution in [0.15, 0.2) is 59.1 Å². The van der Waals surface area contributed by atoms with Crippen LogP contribution in [0.2, 0.25) is 0 Å². The van der Waals surface area contributed by atoms with Gasteiger partial charge >= 0.3 is 0 Å². The van der Waals surface area contributed by atoms with Crippen molar-refractivity contribution in [2.75, 3.05) is 7.11 Å². The van der Waals surface area contributed by atoms with Crippen molar-refractivity contribution in [2.45, 2.75) is 20.5 Å². The number of benzene rings is 2. The average molecular weight is 457 g/mol. The fraction of sp³-hybridized carbons (Fsp3) is 0.174. The Bertz CT molecular complexity index is 1020. The standard InChI is InChI=1S/C23H21BrO3S/c1-15-11-21(16(2)28-15)22(25)9-7-17-8-10-23(26-3)18(12-17)14-27-20-6-4-5-19(24)13-20/h4-13H,14H2,1-3H3/b9-7+. The molecule has 1 aromatic heterocycles. The monoisotopic (exact) mass is 456 g/mol. The Kier molecular flexibility index (Phi) is 6.70. The van der Waals surface area contributed by atoms with Gasteiger partial charge in [-0.2, -0.15) is 0 Å². The summed E-state index contributed by atoms with van der Waals surface area (Å²) in [6.45, 7) is 4.36. The third-order valence-electron chi connectivity index (χ3n) is 4.23. The van der Waals surface area contributed by atoms with Gasteiger partial charge < -0.3 is 9.47 Å². The zero-order valence-electron chi connectivity index (χ0n) is 16.0. The highest BCUT2D eigenvalue weighted by molar-refractivity contribution is 9.10. The Morgan fingerprint density at radius 2 is 1.96 bits per heavy atom. The van der Waals surface area contributed by atoms with Crippen molar-refractivity contribution in [3.8, 4) is 11.5 Å². The van der Waals surface area contributed by atoms with Crippen LogP contribution < -0.4 is 9.47 Å². The molecule has 0 unspecified atom stereocenters. The number of carbonyl (C=O) groups is 1. The highest BCUT2D eigenvalue weighted by Gasteiger charge is 2.10. The number of aryl methyl sites for hydroxylation is 2. The number of ether oxygens (including phenoxy) is 2. The van der Waals surface area contributed by atoms with E-state index in [2.05, 4.69) is 15.9 Å². The normalized spacial score (nSPS) is 11.0. The first kappa shape index (κ1) is 20.4. The summed E-state index contributed by atoms with van der Waals surface area (Å²) in [5, 5.41) is 0. The molecule has 28 heavy (non-hydrogen) atoms. The molecule has 0 amide bonds. The highest BCUT2D eigenvalue weighted by atomic mass is 79.9. The second-order valence-corrected chi connectivity index (χ2v) is 8.72. The van der Waals surface area contributed by atoms with E-state index >= 15 is 0 Å². The number of hydrogen-bond donors (Lipinski definition) is 0. The maximum Gasteiger partial charge on any atom is 0.186 e. The van der Waals surface area contributed by atoms with Crippen molar-refractivity contribution < 1.29 is 14.3 Å². The molecule has 0 atom stereocenters. The third kappa shape index (κ3) is 5.12. The van der Waals surface area contributed by atoms with Crippen LogP contribution in [-0.2, 0) is 6.61 Å². The van der Waals surface area contributed by atoms with E-state index in [1.54, 1.807) is 24.5 Å². The molecular weight excluding hydrogens is 436 g/mol. The fourth-order valence-corrected chi connectivity index (χ4v) is 4.18. The van der Waals surface area contributed by atoms with E-state index in [1.165, 1.54) is 0 Å². The van der Waals surface area contributed by atoms with Gasteiger partial charge in [0.05, 0.1) is 7.11 Å². The number of allylic oxidation sites excluding steroid dienone is 1. The fourth-order valence-electron chi connectivity index (χ4n) is 2.87. The number of halogens is 1. The molecule has 0 spiro atoms. The molecule has 3 rings (SSSR count). The highest BCUT2D eigenvalue weighted by Crippen LogP contribution is 2.25. The molecule has 0 bridgehead atoms. The van der Waals surface area contributed by atoms with Crippen molar-refractivity contribution in [2.24, 2.45) is 0 Å². The van der Waals surface area contributed by atoms with Gasteiger partial charge in [-0.25, -0.2) is 0 Å². The Hall–Kier alpha value is -2.37. The van der Waals surface area contributed by atoms with Crippen molar-refractivity contribution in [1.82, 2.24) is 0 Å². The van der Waals surface area contributed by atoms with E-state index in [4.69, 9.17) is 9.47 Å². The second kappa shape index (κ2) is 9.22. The van der Waals surface area contributed by atoms with E-state index in [9.17, 15) is 4.79 Å². The smallest absolute Gasteiger partial charge is 0.186 e. The summed E-state index contributed by atoms with van der Waals surface area (Å²) in [6, 6.07) is 15.4. The molecule has 0 aliphatic rings. The summed E-state index contributed by atoms with van der Waals surface area (Å²) >= 11 is 5.08. The molecule has 0 aliphatic carbocycles. The first-order valence-corrected chi connectivity index (χ1v) is 10.4. The lowest BCUT2D eigenvalue weighted by molar-refractivity contribution is 0.104. The molecule has 3 nitrogen and oxygen atoms in total.